The minimum Gasteiger partial charge on any atom is -0.449 e. The standard InChI is InChI=1S/C15H22O/c1-4-6-8-12-10-11(3)14-15(16-14)13(12)9-7-5-2/h10H,4-9H2,1-3H3. The third-order valence-corrected chi connectivity index (χ3v) is 3.36. The van der Waals surface area contributed by atoms with Gasteiger partial charge >= 0.3 is 0 Å². The second-order valence-corrected chi connectivity index (χ2v) is 4.80. The molecule has 1 aliphatic rings. The molecule has 1 nitrogen and oxygen atoms in total. The Labute approximate surface area is 98.8 Å². The van der Waals surface area contributed by atoms with E-state index in [0.29, 0.717) is 0 Å². The van der Waals surface area contributed by atoms with Gasteiger partial charge in [-0.3, -0.25) is 0 Å². The molecule has 1 heterocycles. The Morgan fingerprint density at radius 3 is 2.38 bits per heavy atom. The fraction of sp³-hybridized carbons (Fsp3) is 0.600. The quantitative estimate of drug-likeness (QED) is 0.635. The van der Waals surface area contributed by atoms with Crippen LogP contribution in [0.2, 0.25) is 0 Å². The van der Waals surface area contributed by atoms with Gasteiger partial charge in [-0.2, -0.15) is 0 Å². The number of fused-ring (bicyclic) bond motifs is 1. The summed E-state index contributed by atoms with van der Waals surface area (Å²) in [5, 5.41) is 0. The average Bonchev–Trinajstić information content (AvgIpc) is 3.06. The van der Waals surface area contributed by atoms with Crippen LogP contribution in [0.3, 0.4) is 0 Å². The van der Waals surface area contributed by atoms with Crippen LogP contribution in [-0.4, -0.2) is 0 Å². The molecule has 0 fully saturated rings. The Balaban J connectivity index is 2.20. The average molecular weight is 218 g/mol. The maximum atomic E-state index is 5.62. The Hall–Kier alpha value is -0.980. The lowest BCUT2D eigenvalue weighted by Gasteiger charge is -2.07. The molecule has 1 aliphatic heterocycles. The summed E-state index contributed by atoms with van der Waals surface area (Å²) in [7, 11) is 0. The molecule has 1 heteroatoms. The van der Waals surface area contributed by atoms with Gasteiger partial charge in [0, 0.05) is 5.56 Å². The molecule has 0 aromatic heterocycles. The van der Waals surface area contributed by atoms with Crippen molar-refractivity contribution in [2.45, 2.75) is 59.3 Å². The normalized spacial score (nSPS) is 12.2. The molecule has 2 rings (SSSR count). The van der Waals surface area contributed by atoms with E-state index in [1.807, 2.05) is 0 Å². The molecular weight excluding hydrogens is 196 g/mol. The molecule has 0 bridgehead atoms. The predicted molar refractivity (Wildman–Crippen MR) is 68.5 cm³/mol. The van der Waals surface area contributed by atoms with Gasteiger partial charge in [-0.15, -0.1) is 0 Å². The van der Waals surface area contributed by atoms with Crippen LogP contribution in [0, 0.1) is 6.92 Å². The molecule has 0 saturated heterocycles. The highest BCUT2D eigenvalue weighted by Gasteiger charge is 2.28. The maximum absolute atomic E-state index is 5.62. The lowest BCUT2D eigenvalue weighted by molar-refractivity contribution is 0.636. The first-order valence-electron chi connectivity index (χ1n) is 6.61. The third-order valence-electron chi connectivity index (χ3n) is 3.36. The molecule has 0 spiro atoms. The number of ether oxygens (including phenoxy) is 1. The zero-order valence-corrected chi connectivity index (χ0v) is 10.7. The molecular formula is C15H22O. The smallest absolute Gasteiger partial charge is 0.173 e. The SMILES string of the molecule is CCCCc1cc(C)c2c(c1CCCC)O2. The minimum absolute atomic E-state index is 1.16. The molecule has 0 amide bonds. The summed E-state index contributed by atoms with van der Waals surface area (Å²) >= 11 is 0. The lowest BCUT2D eigenvalue weighted by atomic mass is 9.96. The molecule has 88 valence electrons. The van der Waals surface area contributed by atoms with Crippen molar-refractivity contribution in [3.05, 3.63) is 22.8 Å². The fourth-order valence-corrected chi connectivity index (χ4v) is 2.31. The first kappa shape index (κ1) is 11.5. The zero-order valence-electron chi connectivity index (χ0n) is 10.7. The van der Waals surface area contributed by atoms with Crippen molar-refractivity contribution < 1.29 is 4.74 Å². The molecule has 0 aliphatic carbocycles. The number of hydrogen-bond donors (Lipinski definition) is 0. The Morgan fingerprint density at radius 1 is 1.00 bits per heavy atom. The van der Waals surface area contributed by atoms with Crippen molar-refractivity contribution in [2.75, 3.05) is 0 Å². The molecule has 16 heavy (non-hydrogen) atoms. The summed E-state index contributed by atoms with van der Waals surface area (Å²) in [6, 6.07) is 2.34. The molecule has 0 radical (unpaired) electrons. The van der Waals surface area contributed by atoms with Gasteiger partial charge in [0.2, 0.25) is 0 Å². The monoisotopic (exact) mass is 218 g/mol. The van der Waals surface area contributed by atoms with Crippen LogP contribution in [-0.2, 0) is 12.8 Å². The third kappa shape index (κ3) is 2.23. The highest BCUT2D eigenvalue weighted by Crippen LogP contribution is 2.52. The lowest BCUT2D eigenvalue weighted by Crippen LogP contribution is -1.93. The van der Waals surface area contributed by atoms with E-state index in [2.05, 4.69) is 26.8 Å². The van der Waals surface area contributed by atoms with Crippen LogP contribution in [0.4, 0.5) is 0 Å². The van der Waals surface area contributed by atoms with E-state index in [1.165, 1.54) is 61.0 Å². The fourth-order valence-electron chi connectivity index (χ4n) is 2.31. The van der Waals surface area contributed by atoms with Gasteiger partial charge in [0.1, 0.15) is 0 Å². The second kappa shape index (κ2) is 4.90. The highest BCUT2D eigenvalue weighted by molar-refractivity contribution is 5.66. The first-order valence-corrected chi connectivity index (χ1v) is 6.61. The van der Waals surface area contributed by atoms with Crippen molar-refractivity contribution in [2.24, 2.45) is 0 Å². The van der Waals surface area contributed by atoms with E-state index < -0.39 is 0 Å². The number of aryl methyl sites for hydroxylation is 2. The molecule has 0 atom stereocenters. The van der Waals surface area contributed by atoms with Crippen molar-refractivity contribution in [3.8, 4) is 11.5 Å². The molecule has 0 unspecified atom stereocenters. The number of hydrogen-bond acceptors (Lipinski definition) is 1. The van der Waals surface area contributed by atoms with E-state index in [4.69, 9.17) is 4.74 Å². The summed E-state index contributed by atoms with van der Waals surface area (Å²) in [6.45, 7) is 6.66. The van der Waals surface area contributed by atoms with Gasteiger partial charge in [0.15, 0.2) is 11.5 Å². The van der Waals surface area contributed by atoms with E-state index in [0.717, 1.165) is 5.75 Å². The summed E-state index contributed by atoms with van der Waals surface area (Å²) in [6.07, 6.45) is 7.50. The maximum Gasteiger partial charge on any atom is 0.173 e. The molecule has 0 saturated carbocycles. The number of benzene rings is 1. The van der Waals surface area contributed by atoms with E-state index in [9.17, 15) is 0 Å². The van der Waals surface area contributed by atoms with Gasteiger partial charge in [-0.25, -0.2) is 0 Å². The van der Waals surface area contributed by atoms with Gasteiger partial charge < -0.3 is 4.74 Å². The Kier molecular flexibility index (Phi) is 3.52. The Morgan fingerprint density at radius 2 is 1.69 bits per heavy atom. The first-order chi connectivity index (χ1) is 7.77. The largest absolute Gasteiger partial charge is 0.449 e. The second-order valence-electron chi connectivity index (χ2n) is 4.80. The summed E-state index contributed by atoms with van der Waals surface area (Å²) in [5.41, 5.74) is 4.35. The number of rotatable bonds is 6. The molecule has 1 aromatic carbocycles. The van der Waals surface area contributed by atoms with E-state index in [-0.39, 0.29) is 0 Å². The van der Waals surface area contributed by atoms with Gasteiger partial charge in [0.25, 0.3) is 0 Å². The topological polar surface area (TPSA) is 12.5 Å². The zero-order chi connectivity index (χ0) is 11.5. The van der Waals surface area contributed by atoms with E-state index in [1.54, 1.807) is 0 Å². The van der Waals surface area contributed by atoms with Gasteiger partial charge in [-0.05, 0) is 43.7 Å². The number of unbranched alkanes of at least 4 members (excludes halogenated alkanes) is 2. The summed E-state index contributed by atoms with van der Waals surface area (Å²) < 4.78 is 5.62. The van der Waals surface area contributed by atoms with Crippen LogP contribution in [0.25, 0.3) is 0 Å². The summed E-state index contributed by atoms with van der Waals surface area (Å²) in [4.78, 5) is 0. The molecule has 1 aromatic rings. The minimum atomic E-state index is 1.16. The predicted octanol–water partition coefficient (Wildman–Crippen LogP) is 4.79. The van der Waals surface area contributed by atoms with Crippen LogP contribution in [0.1, 0.15) is 56.2 Å². The van der Waals surface area contributed by atoms with Crippen molar-refractivity contribution in [1.82, 2.24) is 0 Å². The van der Waals surface area contributed by atoms with Crippen LogP contribution in [0.15, 0.2) is 6.07 Å². The van der Waals surface area contributed by atoms with Crippen molar-refractivity contribution >= 4 is 0 Å². The van der Waals surface area contributed by atoms with Crippen LogP contribution < -0.4 is 4.74 Å². The van der Waals surface area contributed by atoms with Crippen molar-refractivity contribution in [3.63, 3.8) is 0 Å². The van der Waals surface area contributed by atoms with E-state index >= 15 is 0 Å². The van der Waals surface area contributed by atoms with Crippen molar-refractivity contribution in [1.29, 1.82) is 0 Å². The Bertz CT molecular complexity index is 380. The van der Waals surface area contributed by atoms with Gasteiger partial charge in [-0.1, -0.05) is 32.8 Å². The summed E-state index contributed by atoms with van der Waals surface area (Å²) in [5.74, 6) is 2.37. The highest BCUT2D eigenvalue weighted by atomic mass is 16.6. The van der Waals surface area contributed by atoms with Gasteiger partial charge in [0.05, 0.1) is 0 Å². The van der Waals surface area contributed by atoms with Crippen LogP contribution in [0.5, 0.6) is 11.5 Å². The van der Waals surface area contributed by atoms with Crippen LogP contribution >= 0.6 is 0 Å². The molecule has 0 N–H and O–H groups in total.